The number of fused-ring (bicyclic) bond motifs is 2. The molecule has 4 nitrogen and oxygen atoms in total. The zero-order valence-electron chi connectivity index (χ0n) is 16.4. The number of allylic oxidation sites excluding steroid dienone is 4. The van der Waals surface area contributed by atoms with Gasteiger partial charge in [0.1, 0.15) is 5.65 Å². The molecule has 2 aliphatic rings. The number of carbonyl (C=O) groups is 1. The van der Waals surface area contributed by atoms with Crippen LogP contribution in [-0.2, 0) is 5.54 Å². The molecule has 0 unspecified atom stereocenters. The summed E-state index contributed by atoms with van der Waals surface area (Å²) in [6.07, 6.45) is 10.6. The van der Waals surface area contributed by atoms with Gasteiger partial charge < -0.3 is 10.3 Å². The van der Waals surface area contributed by atoms with E-state index in [2.05, 4.69) is 46.5 Å². The number of aromatic amines is 1. The fourth-order valence-electron chi connectivity index (χ4n) is 4.36. The van der Waals surface area contributed by atoms with Gasteiger partial charge in [-0.25, -0.2) is 4.98 Å². The minimum atomic E-state index is -0.354. The predicted molar refractivity (Wildman–Crippen MR) is 113 cm³/mol. The van der Waals surface area contributed by atoms with Gasteiger partial charge in [-0.3, -0.25) is 4.79 Å². The van der Waals surface area contributed by atoms with Crippen LogP contribution in [0.2, 0.25) is 0 Å². The summed E-state index contributed by atoms with van der Waals surface area (Å²) >= 11 is 0. The van der Waals surface area contributed by atoms with E-state index < -0.39 is 0 Å². The van der Waals surface area contributed by atoms with Crippen molar-refractivity contribution >= 4 is 22.5 Å². The number of hydrogen-bond donors (Lipinski definition) is 2. The molecule has 0 saturated heterocycles. The molecule has 0 spiro atoms. The van der Waals surface area contributed by atoms with E-state index in [-0.39, 0.29) is 11.4 Å². The normalized spacial score (nSPS) is 17.9. The number of nitrogens with one attached hydrogen (secondary N) is 2. The highest BCUT2D eigenvalue weighted by molar-refractivity contribution is 6.02. The van der Waals surface area contributed by atoms with Crippen LogP contribution in [0.1, 0.15) is 55.1 Å². The Labute approximate surface area is 164 Å². The molecule has 0 bridgehead atoms. The Balaban J connectivity index is 1.66. The molecule has 0 radical (unpaired) electrons. The van der Waals surface area contributed by atoms with Gasteiger partial charge in [-0.2, -0.15) is 0 Å². The highest BCUT2D eigenvalue weighted by Crippen LogP contribution is 2.37. The lowest BCUT2D eigenvalue weighted by molar-refractivity contribution is 0.0940. The van der Waals surface area contributed by atoms with E-state index in [1.165, 1.54) is 11.1 Å². The van der Waals surface area contributed by atoms with E-state index in [1.54, 1.807) is 0 Å². The first-order valence-corrected chi connectivity index (χ1v) is 9.75. The molecular weight excluding hydrogens is 346 g/mol. The molecule has 0 saturated carbocycles. The van der Waals surface area contributed by atoms with Gasteiger partial charge in [-0.15, -0.1) is 0 Å². The molecule has 2 N–H and O–H groups in total. The zero-order chi connectivity index (χ0) is 19.5. The Morgan fingerprint density at radius 1 is 1.11 bits per heavy atom. The first kappa shape index (κ1) is 17.0. The van der Waals surface area contributed by atoms with Crippen molar-refractivity contribution in [2.75, 3.05) is 0 Å². The van der Waals surface area contributed by atoms with Crippen molar-refractivity contribution in [3.63, 3.8) is 0 Å². The first-order valence-electron chi connectivity index (χ1n) is 9.75. The Kier molecular flexibility index (Phi) is 3.60. The Bertz CT molecular complexity index is 1190. The molecule has 0 atom stereocenters. The maximum atomic E-state index is 12.2. The minimum Gasteiger partial charge on any atom is -0.346 e. The minimum absolute atomic E-state index is 0.000859. The van der Waals surface area contributed by atoms with Gasteiger partial charge in [0.2, 0.25) is 0 Å². The third kappa shape index (κ3) is 2.52. The molecule has 1 aliphatic heterocycles. The monoisotopic (exact) mass is 369 g/mol. The zero-order valence-corrected chi connectivity index (χ0v) is 16.4. The number of benzene rings is 1. The van der Waals surface area contributed by atoms with Crippen molar-refractivity contribution < 1.29 is 4.79 Å². The number of amides is 1. The van der Waals surface area contributed by atoms with Crippen molar-refractivity contribution in [3.05, 3.63) is 71.1 Å². The summed E-state index contributed by atoms with van der Waals surface area (Å²) in [5.41, 5.74) is 8.38. The standard InChI is InChI=1S/C24H23N3O/c1-14-6-4-5-7-17(14)16-10-19-20(13-26-22(19)25-12-16)15-8-9-18-21(11-15)24(2,3)27-23(18)28/h5,7-13H,4,6H2,1-3H3,(H,25,26)(H,27,28). The van der Waals surface area contributed by atoms with Gasteiger partial charge in [0, 0.05) is 34.5 Å². The van der Waals surface area contributed by atoms with Crippen molar-refractivity contribution in [2.45, 2.75) is 39.2 Å². The van der Waals surface area contributed by atoms with Crippen molar-refractivity contribution in [1.82, 2.24) is 15.3 Å². The van der Waals surface area contributed by atoms with Gasteiger partial charge in [-0.05, 0) is 68.5 Å². The van der Waals surface area contributed by atoms with Crippen LogP contribution in [0.3, 0.4) is 0 Å². The van der Waals surface area contributed by atoms with E-state index >= 15 is 0 Å². The predicted octanol–water partition coefficient (Wildman–Crippen LogP) is 5.33. The Morgan fingerprint density at radius 2 is 1.96 bits per heavy atom. The van der Waals surface area contributed by atoms with Crippen LogP contribution in [0.25, 0.3) is 27.7 Å². The first-order chi connectivity index (χ1) is 13.4. The van der Waals surface area contributed by atoms with Crippen molar-refractivity contribution in [2.24, 2.45) is 0 Å². The number of rotatable bonds is 2. The van der Waals surface area contributed by atoms with Crippen LogP contribution < -0.4 is 5.32 Å². The van der Waals surface area contributed by atoms with Gasteiger partial charge in [0.05, 0.1) is 5.54 Å². The van der Waals surface area contributed by atoms with Crippen molar-refractivity contribution in [1.29, 1.82) is 0 Å². The lowest BCUT2D eigenvalue weighted by Crippen LogP contribution is -2.32. The summed E-state index contributed by atoms with van der Waals surface area (Å²) in [5, 5.41) is 4.16. The number of nitrogens with zero attached hydrogens (tertiary/aromatic N) is 1. The van der Waals surface area contributed by atoms with Crippen LogP contribution in [0.15, 0.2) is 54.4 Å². The fraction of sp³-hybridized carbons (Fsp3) is 0.250. The lowest BCUT2D eigenvalue weighted by Gasteiger charge is -2.19. The quantitative estimate of drug-likeness (QED) is 0.641. The van der Waals surface area contributed by atoms with Crippen LogP contribution in [0.5, 0.6) is 0 Å². The SMILES string of the molecule is CC1=C(c2cnc3[nH]cc(-c4ccc5c(c4)C(C)(C)NC5=O)c3c2)C=CCC1. The average Bonchev–Trinajstić information content (AvgIpc) is 3.20. The van der Waals surface area contributed by atoms with E-state index in [0.717, 1.165) is 51.7 Å². The third-order valence-electron chi connectivity index (χ3n) is 5.95. The van der Waals surface area contributed by atoms with E-state index in [9.17, 15) is 4.79 Å². The topological polar surface area (TPSA) is 57.8 Å². The van der Waals surface area contributed by atoms with Gasteiger partial charge >= 0.3 is 0 Å². The molecule has 1 amide bonds. The molecule has 4 heteroatoms. The van der Waals surface area contributed by atoms with Crippen LogP contribution in [0, 0.1) is 0 Å². The molecule has 2 aromatic heterocycles. The van der Waals surface area contributed by atoms with Gasteiger partial charge in [0.15, 0.2) is 0 Å². The van der Waals surface area contributed by atoms with E-state index in [4.69, 9.17) is 0 Å². The van der Waals surface area contributed by atoms with Crippen molar-refractivity contribution in [3.8, 4) is 11.1 Å². The van der Waals surface area contributed by atoms with E-state index in [1.807, 2.05) is 38.4 Å². The second kappa shape index (κ2) is 5.93. The summed E-state index contributed by atoms with van der Waals surface area (Å²) in [7, 11) is 0. The van der Waals surface area contributed by atoms with E-state index in [0.29, 0.717) is 0 Å². The molecular formula is C24H23N3O. The van der Waals surface area contributed by atoms with Gasteiger partial charge in [0.25, 0.3) is 5.91 Å². The largest absolute Gasteiger partial charge is 0.346 e. The number of hydrogen-bond acceptors (Lipinski definition) is 2. The second-order valence-electron chi connectivity index (χ2n) is 8.30. The molecule has 3 aromatic rings. The maximum Gasteiger partial charge on any atom is 0.252 e. The van der Waals surface area contributed by atoms with Gasteiger partial charge in [-0.1, -0.05) is 23.8 Å². The maximum absolute atomic E-state index is 12.2. The smallest absolute Gasteiger partial charge is 0.252 e. The molecule has 1 aromatic carbocycles. The second-order valence-corrected chi connectivity index (χ2v) is 8.30. The third-order valence-corrected chi connectivity index (χ3v) is 5.95. The molecule has 28 heavy (non-hydrogen) atoms. The molecule has 1 aliphatic carbocycles. The molecule has 0 fully saturated rings. The van der Waals surface area contributed by atoms with Crippen LogP contribution in [0.4, 0.5) is 0 Å². The fourth-order valence-corrected chi connectivity index (χ4v) is 4.36. The number of pyridine rings is 1. The number of H-pyrrole nitrogens is 1. The molecule has 5 rings (SSSR count). The average molecular weight is 369 g/mol. The summed E-state index contributed by atoms with van der Waals surface area (Å²) < 4.78 is 0. The summed E-state index contributed by atoms with van der Waals surface area (Å²) in [5.74, 6) is 0.000859. The number of carbonyl (C=O) groups excluding carboxylic acids is 1. The lowest BCUT2D eigenvalue weighted by atomic mass is 9.90. The molecule has 140 valence electrons. The Morgan fingerprint density at radius 3 is 2.79 bits per heavy atom. The Hall–Kier alpha value is -3.14. The van der Waals surface area contributed by atoms with Crippen LogP contribution >= 0.6 is 0 Å². The summed E-state index contributed by atoms with van der Waals surface area (Å²) in [6, 6.07) is 8.32. The molecule has 3 heterocycles. The number of aromatic nitrogens is 2. The van der Waals surface area contributed by atoms with Crippen LogP contribution in [-0.4, -0.2) is 15.9 Å². The highest BCUT2D eigenvalue weighted by atomic mass is 16.2. The summed E-state index contributed by atoms with van der Waals surface area (Å²) in [6.45, 7) is 6.29. The summed E-state index contributed by atoms with van der Waals surface area (Å²) in [4.78, 5) is 20.2. The highest BCUT2D eigenvalue weighted by Gasteiger charge is 2.35.